The third-order valence-corrected chi connectivity index (χ3v) is 4.96. The molecule has 0 saturated carbocycles. The monoisotopic (exact) mass is 421 g/mol. The van der Waals surface area contributed by atoms with E-state index >= 15 is 0 Å². The second-order valence-electron chi connectivity index (χ2n) is 6.93. The Morgan fingerprint density at radius 2 is 1.90 bits per heavy atom. The van der Waals surface area contributed by atoms with Crippen LogP contribution in [0.2, 0.25) is 5.02 Å². The SMILES string of the molecule is O=C(CCCc1nc2ccccc2c(=O)[nH]1)Nc1ccnn1Cc1ccc(Cl)cc1. The van der Waals surface area contributed by atoms with Crippen LogP contribution >= 0.6 is 11.6 Å². The minimum atomic E-state index is -0.161. The number of carbonyl (C=O) groups is 1. The Morgan fingerprint density at radius 1 is 1.10 bits per heavy atom. The number of amides is 1. The van der Waals surface area contributed by atoms with Gasteiger partial charge >= 0.3 is 0 Å². The number of benzene rings is 2. The molecule has 0 atom stereocenters. The lowest BCUT2D eigenvalue weighted by atomic mass is 10.2. The van der Waals surface area contributed by atoms with E-state index in [0.29, 0.717) is 53.4 Å². The third-order valence-electron chi connectivity index (χ3n) is 4.71. The molecule has 0 radical (unpaired) electrons. The van der Waals surface area contributed by atoms with Crippen molar-refractivity contribution in [3.8, 4) is 0 Å². The second kappa shape index (κ2) is 8.92. The van der Waals surface area contributed by atoms with E-state index < -0.39 is 0 Å². The summed E-state index contributed by atoms with van der Waals surface area (Å²) in [5.41, 5.74) is 1.53. The van der Waals surface area contributed by atoms with Crippen molar-refractivity contribution in [1.29, 1.82) is 0 Å². The van der Waals surface area contributed by atoms with Crippen LogP contribution in [-0.2, 0) is 17.8 Å². The van der Waals surface area contributed by atoms with Crippen molar-refractivity contribution in [3.05, 3.63) is 87.6 Å². The van der Waals surface area contributed by atoms with Gasteiger partial charge < -0.3 is 10.3 Å². The first-order valence-corrected chi connectivity index (χ1v) is 10.0. The summed E-state index contributed by atoms with van der Waals surface area (Å²) in [5.74, 6) is 1.10. The number of aromatic nitrogens is 4. The molecule has 30 heavy (non-hydrogen) atoms. The topological polar surface area (TPSA) is 92.7 Å². The van der Waals surface area contributed by atoms with Crippen molar-refractivity contribution in [2.45, 2.75) is 25.8 Å². The van der Waals surface area contributed by atoms with Gasteiger partial charge in [0.05, 0.1) is 23.6 Å². The van der Waals surface area contributed by atoms with Gasteiger partial charge in [-0.25, -0.2) is 9.67 Å². The fourth-order valence-electron chi connectivity index (χ4n) is 3.20. The lowest BCUT2D eigenvalue weighted by Crippen LogP contribution is -2.17. The molecule has 152 valence electrons. The number of nitrogens with zero attached hydrogens (tertiary/aromatic N) is 3. The Morgan fingerprint density at radius 3 is 2.73 bits per heavy atom. The number of para-hydroxylation sites is 1. The zero-order chi connectivity index (χ0) is 20.9. The maximum absolute atomic E-state index is 12.4. The molecule has 0 saturated heterocycles. The van der Waals surface area contributed by atoms with Crippen molar-refractivity contribution < 1.29 is 4.79 Å². The van der Waals surface area contributed by atoms with Gasteiger partial charge in [0.2, 0.25) is 5.91 Å². The molecular weight excluding hydrogens is 402 g/mol. The minimum Gasteiger partial charge on any atom is -0.311 e. The van der Waals surface area contributed by atoms with Crippen molar-refractivity contribution >= 4 is 34.2 Å². The van der Waals surface area contributed by atoms with Crippen molar-refractivity contribution in [2.75, 3.05) is 5.32 Å². The number of halogens is 1. The van der Waals surface area contributed by atoms with E-state index in [9.17, 15) is 9.59 Å². The maximum Gasteiger partial charge on any atom is 0.258 e. The summed E-state index contributed by atoms with van der Waals surface area (Å²) < 4.78 is 1.73. The lowest BCUT2D eigenvalue weighted by molar-refractivity contribution is -0.116. The molecule has 2 heterocycles. The number of rotatable bonds is 7. The number of hydrogen-bond acceptors (Lipinski definition) is 4. The Kier molecular flexibility index (Phi) is 5.90. The number of hydrogen-bond donors (Lipinski definition) is 2. The number of carbonyl (C=O) groups excluding carboxylic acids is 1. The standard InChI is InChI=1S/C22H20ClN5O2/c23-16-10-8-15(9-11-16)14-28-20(12-13-24-28)27-21(29)7-3-6-19-25-18-5-2-1-4-17(18)22(30)26-19/h1-2,4-5,8-13H,3,6-7,14H2,(H,27,29)(H,25,26,30). The van der Waals surface area contributed by atoms with Gasteiger partial charge in [0.1, 0.15) is 11.6 Å². The van der Waals surface area contributed by atoms with Crippen molar-refractivity contribution in [3.63, 3.8) is 0 Å². The summed E-state index contributed by atoms with van der Waals surface area (Å²) in [7, 11) is 0. The molecule has 2 aromatic carbocycles. The highest BCUT2D eigenvalue weighted by Gasteiger charge is 2.09. The molecular formula is C22H20ClN5O2. The number of aromatic amines is 1. The Hall–Kier alpha value is -3.45. The molecule has 0 aliphatic rings. The van der Waals surface area contributed by atoms with E-state index in [0.717, 1.165) is 5.56 Å². The number of H-pyrrole nitrogens is 1. The average molecular weight is 422 g/mol. The molecule has 7 nitrogen and oxygen atoms in total. The van der Waals surface area contributed by atoms with Crippen molar-refractivity contribution in [2.24, 2.45) is 0 Å². The number of nitrogens with one attached hydrogen (secondary N) is 2. The molecule has 2 aromatic heterocycles. The fraction of sp³-hybridized carbons (Fsp3) is 0.182. The van der Waals surface area contributed by atoms with E-state index in [1.165, 1.54) is 0 Å². The quantitative estimate of drug-likeness (QED) is 0.475. The molecule has 0 bridgehead atoms. The molecule has 2 N–H and O–H groups in total. The zero-order valence-corrected chi connectivity index (χ0v) is 16.9. The van der Waals surface area contributed by atoms with Gasteiger partial charge in [-0.05, 0) is 36.2 Å². The summed E-state index contributed by atoms with van der Waals surface area (Å²) in [6.07, 6.45) is 3.04. The molecule has 0 aliphatic heterocycles. The first-order chi connectivity index (χ1) is 14.6. The first kappa shape index (κ1) is 19.8. The van der Waals surface area contributed by atoms with Gasteiger partial charge in [0, 0.05) is 23.9 Å². The first-order valence-electron chi connectivity index (χ1n) is 9.62. The van der Waals surface area contributed by atoms with Crippen LogP contribution in [0.15, 0.2) is 65.6 Å². The molecule has 0 spiro atoms. The summed E-state index contributed by atoms with van der Waals surface area (Å²) in [6.45, 7) is 0.530. The highest BCUT2D eigenvalue weighted by molar-refractivity contribution is 6.30. The van der Waals surface area contributed by atoms with Gasteiger partial charge in [0.25, 0.3) is 5.56 Å². The van der Waals surface area contributed by atoms with E-state index in [2.05, 4.69) is 20.4 Å². The maximum atomic E-state index is 12.4. The van der Waals surface area contributed by atoms with Gasteiger partial charge in [-0.2, -0.15) is 5.10 Å². The highest BCUT2D eigenvalue weighted by Crippen LogP contribution is 2.14. The smallest absolute Gasteiger partial charge is 0.258 e. The van der Waals surface area contributed by atoms with E-state index in [-0.39, 0.29) is 11.5 Å². The van der Waals surface area contributed by atoms with Crippen LogP contribution in [0.3, 0.4) is 0 Å². The highest BCUT2D eigenvalue weighted by atomic mass is 35.5. The lowest BCUT2D eigenvalue weighted by Gasteiger charge is -2.09. The van der Waals surface area contributed by atoms with Gasteiger partial charge in [0.15, 0.2) is 0 Å². The average Bonchev–Trinajstić information content (AvgIpc) is 3.16. The summed E-state index contributed by atoms with van der Waals surface area (Å²) in [4.78, 5) is 31.7. The van der Waals surface area contributed by atoms with Crippen molar-refractivity contribution in [1.82, 2.24) is 19.7 Å². The fourth-order valence-corrected chi connectivity index (χ4v) is 3.33. The van der Waals surface area contributed by atoms with Crippen LogP contribution in [0.25, 0.3) is 10.9 Å². The zero-order valence-electron chi connectivity index (χ0n) is 16.1. The summed E-state index contributed by atoms with van der Waals surface area (Å²) >= 11 is 5.92. The minimum absolute atomic E-state index is 0.115. The largest absolute Gasteiger partial charge is 0.311 e. The normalized spacial score (nSPS) is 11.0. The van der Waals surface area contributed by atoms with E-state index in [4.69, 9.17) is 11.6 Å². The van der Waals surface area contributed by atoms with Crippen LogP contribution in [0.4, 0.5) is 5.82 Å². The Balaban J connectivity index is 1.33. The Labute approximate surface area is 177 Å². The van der Waals surface area contributed by atoms with E-state index in [1.54, 1.807) is 29.1 Å². The molecule has 0 unspecified atom stereocenters. The summed E-state index contributed by atoms with van der Waals surface area (Å²) in [6, 6.07) is 16.5. The van der Waals surface area contributed by atoms with Gasteiger partial charge in [-0.3, -0.25) is 9.59 Å². The van der Waals surface area contributed by atoms with Crippen LogP contribution < -0.4 is 10.9 Å². The third kappa shape index (κ3) is 4.75. The van der Waals surface area contributed by atoms with Crippen LogP contribution in [0, 0.1) is 0 Å². The number of fused-ring (bicyclic) bond motifs is 1. The number of anilines is 1. The molecule has 0 aliphatic carbocycles. The Bertz CT molecular complexity index is 1230. The van der Waals surface area contributed by atoms with E-state index in [1.807, 2.05) is 36.4 Å². The number of aryl methyl sites for hydroxylation is 1. The second-order valence-corrected chi connectivity index (χ2v) is 7.37. The van der Waals surface area contributed by atoms with Crippen LogP contribution in [0.5, 0.6) is 0 Å². The van der Waals surface area contributed by atoms with Crippen LogP contribution in [0.1, 0.15) is 24.2 Å². The van der Waals surface area contributed by atoms with Gasteiger partial charge in [-0.15, -0.1) is 0 Å². The predicted molar refractivity (Wildman–Crippen MR) is 117 cm³/mol. The predicted octanol–water partition coefficient (Wildman–Crippen LogP) is 3.78. The molecule has 0 fully saturated rings. The molecule has 4 aromatic rings. The molecule has 1 amide bonds. The molecule has 8 heteroatoms. The molecule has 4 rings (SSSR count). The van der Waals surface area contributed by atoms with Crippen LogP contribution in [-0.4, -0.2) is 25.7 Å². The van der Waals surface area contributed by atoms with Gasteiger partial charge in [-0.1, -0.05) is 35.9 Å². The summed E-state index contributed by atoms with van der Waals surface area (Å²) in [5, 5.41) is 8.40.